The van der Waals surface area contributed by atoms with Gasteiger partial charge >= 0.3 is 0 Å². The number of hydrogen-bond acceptors (Lipinski definition) is 4. The van der Waals surface area contributed by atoms with Crippen LogP contribution in [0, 0.1) is 0 Å². The van der Waals surface area contributed by atoms with Crippen molar-refractivity contribution in [2.45, 2.75) is 38.5 Å². The number of methoxy groups -OCH3 is 1. The van der Waals surface area contributed by atoms with Crippen LogP contribution in [0.1, 0.15) is 25.8 Å². The number of hydrogen-bond donors (Lipinski definition) is 1. The highest BCUT2D eigenvalue weighted by molar-refractivity contribution is 5.85. The number of benzene rings is 1. The summed E-state index contributed by atoms with van der Waals surface area (Å²) in [6.07, 6.45) is 0.176. The van der Waals surface area contributed by atoms with E-state index in [1.54, 1.807) is 7.11 Å². The first-order valence-corrected chi connectivity index (χ1v) is 8.26. The van der Waals surface area contributed by atoms with Gasteiger partial charge in [0.05, 0.1) is 12.5 Å². The van der Waals surface area contributed by atoms with Gasteiger partial charge in [-0.15, -0.1) is 24.8 Å². The summed E-state index contributed by atoms with van der Waals surface area (Å²) in [6, 6.07) is 10.5. The highest BCUT2D eigenvalue weighted by atomic mass is 35.5. The number of nitrogens with zero attached hydrogens (tertiary/aromatic N) is 2. The maximum Gasteiger partial charge on any atom is 0.225 e. The molecule has 0 saturated carbocycles. The van der Waals surface area contributed by atoms with Crippen molar-refractivity contribution in [1.82, 2.24) is 9.80 Å². The van der Waals surface area contributed by atoms with Gasteiger partial charge in [0.1, 0.15) is 0 Å². The fraction of sp³-hybridized carbons (Fsp3) is 0.611. The van der Waals surface area contributed by atoms with E-state index >= 15 is 0 Å². The smallest absolute Gasteiger partial charge is 0.225 e. The molecule has 2 N–H and O–H groups in total. The van der Waals surface area contributed by atoms with E-state index in [-0.39, 0.29) is 42.4 Å². The number of piperazine rings is 1. The largest absolute Gasteiger partial charge is 0.380 e. The second-order valence-corrected chi connectivity index (χ2v) is 6.83. The zero-order chi connectivity index (χ0) is 16.9. The predicted octanol–water partition coefficient (Wildman–Crippen LogP) is 2.32. The summed E-state index contributed by atoms with van der Waals surface area (Å²) in [5, 5.41) is 0. The number of amides is 1. The first kappa shape index (κ1) is 24.1. The normalized spacial score (nSPS) is 18.0. The Morgan fingerprint density at radius 2 is 1.88 bits per heavy atom. The van der Waals surface area contributed by atoms with Crippen molar-refractivity contribution in [2.24, 2.45) is 5.73 Å². The highest BCUT2D eigenvalue weighted by Crippen LogP contribution is 2.24. The lowest BCUT2D eigenvalue weighted by Gasteiger charge is -2.47. The average molecular weight is 392 g/mol. The van der Waals surface area contributed by atoms with E-state index in [0.29, 0.717) is 13.0 Å². The van der Waals surface area contributed by atoms with Gasteiger partial charge in [0.25, 0.3) is 0 Å². The lowest BCUT2D eigenvalue weighted by atomic mass is 9.97. The Morgan fingerprint density at radius 1 is 1.24 bits per heavy atom. The molecule has 0 radical (unpaired) electrons. The minimum atomic E-state index is -0.187. The molecule has 1 saturated heterocycles. The Morgan fingerprint density at radius 3 is 2.40 bits per heavy atom. The Bertz CT molecular complexity index is 510. The van der Waals surface area contributed by atoms with Crippen molar-refractivity contribution in [3.8, 4) is 0 Å². The van der Waals surface area contributed by atoms with Gasteiger partial charge in [0.2, 0.25) is 5.91 Å². The third kappa shape index (κ3) is 6.76. The van der Waals surface area contributed by atoms with Crippen LogP contribution in [0.15, 0.2) is 30.3 Å². The Balaban J connectivity index is 0.00000288. The van der Waals surface area contributed by atoms with Gasteiger partial charge in [0, 0.05) is 45.4 Å². The van der Waals surface area contributed by atoms with Crippen molar-refractivity contribution >= 4 is 30.7 Å². The Hall–Kier alpha value is -0.850. The number of nitrogens with two attached hydrogens (primary N) is 1. The van der Waals surface area contributed by atoms with Crippen molar-refractivity contribution in [3.63, 3.8) is 0 Å². The minimum absolute atomic E-state index is 0. The molecule has 1 aromatic rings. The Kier molecular flexibility index (Phi) is 10.6. The average Bonchev–Trinajstić information content (AvgIpc) is 2.55. The van der Waals surface area contributed by atoms with Gasteiger partial charge in [-0.3, -0.25) is 9.69 Å². The molecular weight excluding hydrogens is 361 g/mol. The van der Waals surface area contributed by atoms with E-state index in [4.69, 9.17) is 10.5 Å². The molecule has 1 heterocycles. The van der Waals surface area contributed by atoms with E-state index in [1.807, 2.05) is 11.0 Å². The summed E-state index contributed by atoms with van der Waals surface area (Å²) >= 11 is 0. The summed E-state index contributed by atoms with van der Waals surface area (Å²) in [5.74, 6) is 0.134. The molecule has 144 valence electrons. The molecule has 0 bridgehead atoms. The van der Waals surface area contributed by atoms with Crippen LogP contribution in [-0.4, -0.2) is 60.6 Å². The molecule has 1 aliphatic rings. The van der Waals surface area contributed by atoms with Crippen LogP contribution >= 0.6 is 24.8 Å². The summed E-state index contributed by atoms with van der Waals surface area (Å²) in [5.41, 5.74) is 6.88. The maximum atomic E-state index is 12.5. The van der Waals surface area contributed by atoms with E-state index < -0.39 is 0 Å². The molecule has 0 aliphatic carbocycles. The Labute approximate surface area is 163 Å². The monoisotopic (exact) mass is 391 g/mol. The van der Waals surface area contributed by atoms with E-state index in [1.165, 1.54) is 5.56 Å². The highest BCUT2D eigenvalue weighted by Gasteiger charge is 2.35. The molecule has 1 amide bonds. The minimum Gasteiger partial charge on any atom is -0.380 e. The van der Waals surface area contributed by atoms with E-state index in [0.717, 1.165) is 26.2 Å². The van der Waals surface area contributed by atoms with Crippen molar-refractivity contribution in [3.05, 3.63) is 35.9 Å². The number of ether oxygens (including phenoxy) is 1. The third-order valence-corrected chi connectivity index (χ3v) is 4.64. The zero-order valence-corrected chi connectivity index (χ0v) is 16.9. The van der Waals surface area contributed by atoms with Crippen molar-refractivity contribution < 1.29 is 9.53 Å². The van der Waals surface area contributed by atoms with Gasteiger partial charge in [-0.05, 0) is 19.4 Å². The van der Waals surface area contributed by atoms with Gasteiger partial charge in [0.15, 0.2) is 0 Å². The molecular formula is C18H31Cl2N3O2. The third-order valence-electron chi connectivity index (χ3n) is 4.64. The lowest BCUT2D eigenvalue weighted by molar-refractivity contribution is -0.138. The molecule has 5 nitrogen and oxygen atoms in total. The number of halogens is 2. The molecule has 1 unspecified atom stereocenters. The summed E-state index contributed by atoms with van der Waals surface area (Å²) < 4.78 is 5.23. The van der Waals surface area contributed by atoms with Gasteiger partial charge in [-0.1, -0.05) is 30.3 Å². The van der Waals surface area contributed by atoms with Gasteiger partial charge in [-0.25, -0.2) is 0 Å². The number of carbonyl (C=O) groups is 1. The number of rotatable bonds is 6. The van der Waals surface area contributed by atoms with Gasteiger partial charge in [-0.2, -0.15) is 0 Å². The molecule has 1 aromatic carbocycles. The van der Waals surface area contributed by atoms with E-state index in [2.05, 4.69) is 43.0 Å². The molecule has 1 atom stereocenters. The molecule has 7 heteroatoms. The fourth-order valence-electron chi connectivity index (χ4n) is 3.09. The van der Waals surface area contributed by atoms with Crippen LogP contribution in [0.25, 0.3) is 0 Å². The standard InChI is InChI=1S/C18H29N3O2.2ClH/c1-18(2)14-20(17(22)11-16(12-19)23-3)9-10-21(18)13-15-7-5-4-6-8-15;;/h4-8,16H,9-14,19H2,1-3H3;2*1H. The summed E-state index contributed by atoms with van der Waals surface area (Å²) in [7, 11) is 1.60. The van der Waals surface area contributed by atoms with Crippen molar-refractivity contribution in [1.29, 1.82) is 0 Å². The first-order chi connectivity index (χ1) is 11.0. The van der Waals surface area contributed by atoms with Crippen LogP contribution < -0.4 is 5.73 Å². The van der Waals surface area contributed by atoms with Crippen molar-refractivity contribution in [2.75, 3.05) is 33.3 Å². The quantitative estimate of drug-likeness (QED) is 0.807. The lowest BCUT2D eigenvalue weighted by Crippen LogP contribution is -2.60. The van der Waals surface area contributed by atoms with Crippen LogP contribution in [0.5, 0.6) is 0 Å². The molecule has 0 aromatic heterocycles. The molecule has 2 rings (SSSR count). The van der Waals surface area contributed by atoms with Crippen LogP contribution in [-0.2, 0) is 16.1 Å². The van der Waals surface area contributed by atoms with E-state index in [9.17, 15) is 4.79 Å². The fourth-order valence-corrected chi connectivity index (χ4v) is 3.09. The molecule has 0 spiro atoms. The molecule has 1 aliphatic heterocycles. The first-order valence-electron chi connectivity index (χ1n) is 8.26. The SMILES string of the molecule is COC(CN)CC(=O)N1CCN(Cc2ccccc2)C(C)(C)C1.Cl.Cl. The number of carbonyl (C=O) groups excluding carboxylic acids is 1. The van der Waals surface area contributed by atoms with Crippen LogP contribution in [0.4, 0.5) is 0 Å². The molecule has 1 fully saturated rings. The second kappa shape index (κ2) is 11.0. The maximum absolute atomic E-state index is 12.5. The molecule has 25 heavy (non-hydrogen) atoms. The van der Waals surface area contributed by atoms with Crippen LogP contribution in [0.2, 0.25) is 0 Å². The van der Waals surface area contributed by atoms with Gasteiger partial charge < -0.3 is 15.4 Å². The zero-order valence-electron chi connectivity index (χ0n) is 15.3. The second-order valence-electron chi connectivity index (χ2n) is 6.83. The summed E-state index contributed by atoms with van der Waals surface area (Å²) in [4.78, 5) is 16.8. The van der Waals surface area contributed by atoms with Crippen LogP contribution in [0.3, 0.4) is 0 Å². The topological polar surface area (TPSA) is 58.8 Å². The predicted molar refractivity (Wildman–Crippen MR) is 106 cm³/mol. The summed E-state index contributed by atoms with van der Waals surface area (Å²) in [6.45, 7) is 8.07.